The minimum atomic E-state index is -0.899. The Morgan fingerprint density at radius 1 is 0.970 bits per heavy atom. The molecule has 0 radical (unpaired) electrons. The quantitative estimate of drug-likeness (QED) is 0.254. The molecule has 2 heterocycles. The first-order chi connectivity index (χ1) is 16.1. The van der Waals surface area contributed by atoms with E-state index in [2.05, 4.69) is 0 Å². The summed E-state index contributed by atoms with van der Waals surface area (Å²) in [5.41, 5.74) is 0.939. The lowest BCUT2D eigenvalue weighted by atomic mass is 9.97. The zero-order valence-corrected chi connectivity index (χ0v) is 17.9. The van der Waals surface area contributed by atoms with Gasteiger partial charge in [-0.3, -0.25) is 14.5 Å². The van der Waals surface area contributed by atoms with Gasteiger partial charge in [-0.15, -0.1) is 0 Å². The lowest BCUT2D eigenvalue weighted by molar-refractivity contribution is -0.132. The van der Waals surface area contributed by atoms with Gasteiger partial charge in [-0.05, 0) is 60.2 Å². The molecule has 1 saturated heterocycles. The Labute approximate surface area is 190 Å². The molecule has 1 aliphatic rings. The molecule has 0 bridgehead atoms. The smallest absolute Gasteiger partial charge is 0.300 e. The highest BCUT2D eigenvalue weighted by Gasteiger charge is 2.48. The van der Waals surface area contributed by atoms with Crippen molar-refractivity contribution in [2.45, 2.75) is 13.0 Å². The van der Waals surface area contributed by atoms with Crippen LogP contribution in [0.3, 0.4) is 0 Å². The van der Waals surface area contributed by atoms with Crippen LogP contribution in [-0.4, -0.2) is 23.4 Å². The van der Waals surface area contributed by atoms with Gasteiger partial charge in [0.05, 0.1) is 18.4 Å². The Morgan fingerprint density at radius 3 is 2.42 bits per heavy atom. The third-order valence-corrected chi connectivity index (χ3v) is 5.71. The molecule has 33 heavy (non-hydrogen) atoms. The molecule has 0 saturated carbocycles. The molecule has 1 atom stereocenters. The molecule has 1 fully saturated rings. The van der Waals surface area contributed by atoms with E-state index < -0.39 is 17.7 Å². The number of amides is 1. The van der Waals surface area contributed by atoms with Crippen LogP contribution >= 0.6 is 0 Å². The number of hydrogen-bond acceptors (Lipinski definition) is 5. The van der Waals surface area contributed by atoms with E-state index >= 15 is 0 Å². The third kappa shape index (κ3) is 3.55. The van der Waals surface area contributed by atoms with Gasteiger partial charge in [-0.25, -0.2) is 0 Å². The molecular formula is C27H21NO5. The molecular weight excluding hydrogens is 418 g/mol. The summed E-state index contributed by atoms with van der Waals surface area (Å²) >= 11 is 0. The summed E-state index contributed by atoms with van der Waals surface area (Å²) in [7, 11) is 0. The van der Waals surface area contributed by atoms with Crippen LogP contribution < -0.4 is 9.64 Å². The number of ketones is 1. The van der Waals surface area contributed by atoms with Gasteiger partial charge in [-0.2, -0.15) is 0 Å². The van der Waals surface area contributed by atoms with Gasteiger partial charge in [0.2, 0.25) is 0 Å². The molecule has 0 aliphatic carbocycles. The molecule has 1 N–H and O–H groups in total. The van der Waals surface area contributed by atoms with E-state index in [0.717, 1.165) is 10.8 Å². The van der Waals surface area contributed by atoms with E-state index in [-0.39, 0.29) is 11.3 Å². The van der Waals surface area contributed by atoms with E-state index in [1.807, 2.05) is 37.3 Å². The van der Waals surface area contributed by atoms with Crippen molar-refractivity contribution in [2.75, 3.05) is 11.5 Å². The van der Waals surface area contributed by atoms with E-state index in [0.29, 0.717) is 29.4 Å². The number of carbonyl (C=O) groups excluding carboxylic acids is 2. The summed E-state index contributed by atoms with van der Waals surface area (Å²) in [4.78, 5) is 27.7. The van der Waals surface area contributed by atoms with Crippen LogP contribution in [0.15, 0.2) is 95.1 Å². The number of ether oxygens (including phenoxy) is 1. The maximum atomic E-state index is 13.2. The fourth-order valence-corrected chi connectivity index (χ4v) is 4.18. The topological polar surface area (TPSA) is 80.0 Å². The van der Waals surface area contributed by atoms with E-state index in [1.165, 1.54) is 11.2 Å². The lowest BCUT2D eigenvalue weighted by Gasteiger charge is -2.23. The molecule has 4 aromatic rings. The van der Waals surface area contributed by atoms with Crippen molar-refractivity contribution in [1.82, 2.24) is 0 Å². The molecule has 1 aromatic heterocycles. The van der Waals surface area contributed by atoms with E-state index in [9.17, 15) is 14.7 Å². The fraction of sp³-hybridized carbons (Fsp3) is 0.111. The largest absolute Gasteiger partial charge is 0.507 e. The maximum absolute atomic E-state index is 13.2. The highest BCUT2D eigenvalue weighted by molar-refractivity contribution is 6.51. The molecule has 0 spiro atoms. The normalized spacial score (nSPS) is 17.6. The molecule has 6 heteroatoms. The number of Topliss-reactive ketones (excluding diaryl/α,β-unsaturated/α-hetero) is 1. The SMILES string of the molecule is CCOc1ccc(N2C(=O)C(=O)/C(=C(\O)c3ccc4ccccc4c3)C2c2ccco2)cc1. The third-order valence-electron chi connectivity index (χ3n) is 5.71. The van der Waals surface area contributed by atoms with Crippen LogP contribution in [0.25, 0.3) is 16.5 Å². The summed E-state index contributed by atoms with van der Waals surface area (Å²) in [6.07, 6.45) is 1.48. The number of hydrogen-bond donors (Lipinski definition) is 1. The molecule has 5 rings (SSSR count). The lowest BCUT2D eigenvalue weighted by Crippen LogP contribution is -2.29. The van der Waals surface area contributed by atoms with Crippen LogP contribution in [-0.2, 0) is 9.59 Å². The number of anilines is 1. The van der Waals surface area contributed by atoms with Gasteiger partial charge in [0.1, 0.15) is 23.3 Å². The maximum Gasteiger partial charge on any atom is 0.300 e. The van der Waals surface area contributed by atoms with Crippen LogP contribution in [0.2, 0.25) is 0 Å². The first kappa shape index (κ1) is 20.6. The van der Waals surface area contributed by atoms with Gasteiger partial charge >= 0.3 is 0 Å². The van der Waals surface area contributed by atoms with Crippen molar-refractivity contribution in [3.8, 4) is 5.75 Å². The average molecular weight is 439 g/mol. The van der Waals surface area contributed by atoms with Crippen LogP contribution in [0.1, 0.15) is 24.3 Å². The fourth-order valence-electron chi connectivity index (χ4n) is 4.18. The van der Waals surface area contributed by atoms with Crippen molar-refractivity contribution < 1.29 is 23.8 Å². The highest BCUT2D eigenvalue weighted by Crippen LogP contribution is 2.42. The first-order valence-electron chi connectivity index (χ1n) is 10.6. The molecule has 3 aromatic carbocycles. The van der Waals surface area contributed by atoms with Gasteiger partial charge in [-0.1, -0.05) is 36.4 Å². The van der Waals surface area contributed by atoms with Crippen molar-refractivity contribution in [3.05, 3.63) is 102 Å². The number of aliphatic hydroxyl groups excluding tert-OH is 1. The summed E-state index contributed by atoms with van der Waals surface area (Å²) in [6, 6.07) is 22.5. The minimum absolute atomic E-state index is 0.0147. The van der Waals surface area contributed by atoms with Gasteiger partial charge in [0.25, 0.3) is 11.7 Å². The van der Waals surface area contributed by atoms with Crippen LogP contribution in [0.4, 0.5) is 5.69 Å². The Morgan fingerprint density at radius 2 is 1.73 bits per heavy atom. The molecule has 1 unspecified atom stereocenters. The van der Waals surface area contributed by atoms with Crippen molar-refractivity contribution in [2.24, 2.45) is 0 Å². The number of aliphatic hydroxyl groups is 1. The van der Waals surface area contributed by atoms with Crippen LogP contribution in [0.5, 0.6) is 5.75 Å². The zero-order chi connectivity index (χ0) is 22.9. The number of benzene rings is 3. The van der Waals surface area contributed by atoms with Crippen molar-refractivity contribution in [3.63, 3.8) is 0 Å². The summed E-state index contributed by atoms with van der Waals surface area (Å²) in [5, 5.41) is 13.2. The molecule has 1 amide bonds. The number of fused-ring (bicyclic) bond motifs is 1. The number of rotatable bonds is 5. The highest BCUT2D eigenvalue weighted by atomic mass is 16.5. The number of nitrogens with zero attached hydrogens (tertiary/aromatic N) is 1. The minimum Gasteiger partial charge on any atom is -0.507 e. The number of furan rings is 1. The van der Waals surface area contributed by atoms with Gasteiger partial charge in [0, 0.05) is 11.3 Å². The van der Waals surface area contributed by atoms with Crippen LogP contribution in [0, 0.1) is 0 Å². The molecule has 1 aliphatic heterocycles. The standard InChI is InChI=1S/C27H21NO5/c1-2-32-21-13-11-20(12-14-21)28-24(22-8-5-15-33-22)23(26(30)27(28)31)25(29)19-10-9-17-6-3-4-7-18(17)16-19/h3-16,24,29H,2H2,1H3/b25-23-. The zero-order valence-electron chi connectivity index (χ0n) is 17.9. The van der Waals surface area contributed by atoms with Gasteiger partial charge in [0.15, 0.2) is 0 Å². The summed E-state index contributed by atoms with van der Waals surface area (Å²) in [5.74, 6) is -0.707. The summed E-state index contributed by atoms with van der Waals surface area (Å²) < 4.78 is 11.1. The Bertz CT molecular complexity index is 1370. The first-order valence-corrected chi connectivity index (χ1v) is 10.6. The van der Waals surface area contributed by atoms with Gasteiger partial charge < -0.3 is 14.3 Å². The second-order valence-electron chi connectivity index (χ2n) is 7.67. The second kappa shape index (κ2) is 8.31. The second-order valence-corrected chi connectivity index (χ2v) is 7.67. The summed E-state index contributed by atoms with van der Waals surface area (Å²) in [6.45, 7) is 2.40. The number of carbonyl (C=O) groups is 2. The van der Waals surface area contributed by atoms with Crippen molar-refractivity contribution in [1.29, 1.82) is 0 Å². The van der Waals surface area contributed by atoms with E-state index in [4.69, 9.17) is 9.15 Å². The monoisotopic (exact) mass is 439 g/mol. The van der Waals surface area contributed by atoms with E-state index in [1.54, 1.807) is 48.5 Å². The molecule has 6 nitrogen and oxygen atoms in total. The Balaban J connectivity index is 1.65. The average Bonchev–Trinajstić information content (AvgIpc) is 3.46. The Kier molecular flexibility index (Phi) is 5.18. The predicted molar refractivity (Wildman–Crippen MR) is 125 cm³/mol. The Hall–Kier alpha value is -4.32. The molecule has 164 valence electrons. The van der Waals surface area contributed by atoms with Crippen molar-refractivity contribution >= 4 is 33.9 Å². The predicted octanol–water partition coefficient (Wildman–Crippen LogP) is 5.46.